The fourth-order valence-electron chi connectivity index (χ4n) is 10.1. The molecule has 5 aromatic rings. The molecule has 342 valence electrons. The number of fused-ring (bicyclic) bond motifs is 3. The number of nitro benzene ring substituents is 1. The Morgan fingerprint density at radius 3 is 2.42 bits per heavy atom. The van der Waals surface area contributed by atoms with Crippen LogP contribution in [0.15, 0.2) is 139 Å². The number of oxime groups is 1. The number of hydrogen-bond acceptors (Lipinski definition) is 11. The summed E-state index contributed by atoms with van der Waals surface area (Å²) in [4.78, 5) is 45.4. The highest BCUT2D eigenvalue weighted by Gasteiger charge is 2.65. The number of benzene rings is 5. The van der Waals surface area contributed by atoms with Gasteiger partial charge in [-0.1, -0.05) is 72.6 Å². The second kappa shape index (κ2) is 20.7. The van der Waals surface area contributed by atoms with Gasteiger partial charge in [0.25, 0.3) is 11.6 Å². The molecule has 8 rings (SSSR count). The molecule has 0 saturated heterocycles. The van der Waals surface area contributed by atoms with Gasteiger partial charge in [0.05, 0.1) is 23.2 Å². The van der Waals surface area contributed by atoms with Crippen LogP contribution in [0.25, 0.3) is 10.8 Å². The third-order valence-corrected chi connectivity index (χ3v) is 13.2. The lowest BCUT2D eigenvalue weighted by molar-refractivity contribution is -0.384. The van der Waals surface area contributed by atoms with E-state index in [0.717, 1.165) is 53.9 Å². The second-order valence-electron chi connectivity index (χ2n) is 17.2. The number of unbranched alkanes of at least 4 members (excludes halogenated alkanes) is 2. The number of nitrogens with zero attached hydrogens (tertiary/aromatic N) is 3. The highest BCUT2D eigenvalue weighted by Crippen LogP contribution is 2.62. The molecule has 6 atom stereocenters. The molecule has 1 heterocycles. The maximum absolute atomic E-state index is 14.9. The van der Waals surface area contributed by atoms with Crippen LogP contribution in [-0.2, 0) is 16.2 Å². The fourth-order valence-corrected chi connectivity index (χ4v) is 10.1. The smallest absolute Gasteiger partial charge is 0.269 e. The highest BCUT2D eigenvalue weighted by atomic mass is 16.7. The van der Waals surface area contributed by atoms with E-state index in [4.69, 9.17) is 24.2 Å². The molecule has 2 aliphatic carbocycles. The average Bonchev–Trinajstić information content (AvgIpc) is 3.34. The number of ether oxygens (including phenoxy) is 3. The van der Waals surface area contributed by atoms with Crippen molar-refractivity contribution >= 4 is 34.4 Å². The van der Waals surface area contributed by atoms with Gasteiger partial charge in [0.2, 0.25) is 5.79 Å². The molecular weight excluding hydrogens is 839 g/mol. The third-order valence-electron chi connectivity index (χ3n) is 13.2. The van der Waals surface area contributed by atoms with Crippen LogP contribution in [0.2, 0.25) is 0 Å². The summed E-state index contributed by atoms with van der Waals surface area (Å²) in [5, 5.41) is 38.1. The lowest BCUT2D eigenvalue weighted by Gasteiger charge is -2.59. The van der Waals surface area contributed by atoms with Crippen LogP contribution in [0.3, 0.4) is 0 Å². The Labute approximate surface area is 384 Å². The topological polar surface area (TPSA) is 170 Å². The molecule has 13 heteroatoms. The van der Waals surface area contributed by atoms with Crippen LogP contribution in [0.5, 0.6) is 17.2 Å². The Balaban J connectivity index is 1.30. The normalized spacial score (nSPS) is 22.3. The van der Waals surface area contributed by atoms with Gasteiger partial charge in [-0.05, 0) is 114 Å². The van der Waals surface area contributed by atoms with Gasteiger partial charge < -0.3 is 34.2 Å². The van der Waals surface area contributed by atoms with Gasteiger partial charge in [-0.15, -0.1) is 6.58 Å². The maximum Gasteiger partial charge on any atom is 0.269 e. The summed E-state index contributed by atoms with van der Waals surface area (Å²) < 4.78 is 20.8. The van der Waals surface area contributed by atoms with Gasteiger partial charge >= 0.3 is 0 Å². The number of likely N-dealkylation sites (N-methyl/N-ethyl adjacent to an activating group) is 1. The van der Waals surface area contributed by atoms with Crippen molar-refractivity contribution in [2.24, 2.45) is 22.9 Å². The zero-order valence-electron chi connectivity index (χ0n) is 37.0. The molecule has 6 unspecified atom stereocenters. The average molecular weight is 894 g/mol. The van der Waals surface area contributed by atoms with Crippen LogP contribution < -0.4 is 9.47 Å². The standard InChI is InChI=1S/C53H55N3O10/c1-3-27-63-53-49(55(2)52(60)40-20-19-37-12-4-5-13-38(37)29-40)32-47(54-64-34-35-17-21-41(22-18-35)56(61)62)45-30-39(14-6-8-25-57)44(16-7-9-26-58)50(51(45)53)46-31-43(23-24-48(46)66-53)65-42-15-10-11-36(28-42)33-59/h3-5,10-13,15,17-24,28-31,33,39,44,49-51,57-58H,1,6-9,14,16,25-27,32,34H2,2H3. The van der Waals surface area contributed by atoms with E-state index in [1.54, 1.807) is 54.4 Å². The fraction of sp³-hybridized carbons (Fsp3) is 0.340. The van der Waals surface area contributed by atoms with Gasteiger partial charge in [-0.2, -0.15) is 0 Å². The van der Waals surface area contributed by atoms with E-state index in [0.29, 0.717) is 52.5 Å². The number of carbonyl (C=O) groups is 2. The van der Waals surface area contributed by atoms with E-state index in [2.05, 4.69) is 12.7 Å². The minimum atomic E-state index is -1.47. The number of nitro groups is 1. The van der Waals surface area contributed by atoms with E-state index in [1.165, 1.54) is 12.1 Å². The first-order valence-corrected chi connectivity index (χ1v) is 22.6. The molecule has 66 heavy (non-hydrogen) atoms. The van der Waals surface area contributed by atoms with E-state index in [1.807, 2.05) is 60.7 Å². The maximum atomic E-state index is 14.9. The number of aliphatic hydroxyl groups excluding tert-OH is 2. The number of carbonyl (C=O) groups excluding carboxylic acids is 2. The third kappa shape index (κ3) is 9.51. The Morgan fingerprint density at radius 1 is 0.924 bits per heavy atom. The Hall–Kier alpha value is -6.67. The lowest BCUT2D eigenvalue weighted by atomic mass is 9.55. The molecule has 1 aliphatic heterocycles. The van der Waals surface area contributed by atoms with Gasteiger partial charge in [-0.3, -0.25) is 19.7 Å². The largest absolute Gasteiger partial charge is 0.459 e. The minimum Gasteiger partial charge on any atom is -0.459 e. The number of hydrogen-bond donors (Lipinski definition) is 2. The monoisotopic (exact) mass is 893 g/mol. The Kier molecular flexibility index (Phi) is 14.4. The van der Waals surface area contributed by atoms with E-state index >= 15 is 0 Å². The zero-order valence-corrected chi connectivity index (χ0v) is 37.0. The molecule has 5 aromatic carbocycles. The van der Waals surface area contributed by atoms with Crippen molar-refractivity contribution in [1.82, 2.24) is 4.90 Å². The zero-order chi connectivity index (χ0) is 46.2. The van der Waals surface area contributed by atoms with Crippen LogP contribution in [0, 0.1) is 27.9 Å². The van der Waals surface area contributed by atoms with Gasteiger partial charge in [0, 0.05) is 61.4 Å². The molecule has 0 aromatic heterocycles. The van der Waals surface area contributed by atoms with Crippen LogP contribution in [-0.4, -0.2) is 76.6 Å². The summed E-state index contributed by atoms with van der Waals surface area (Å²) in [7, 11) is 1.77. The van der Waals surface area contributed by atoms with Crippen LogP contribution in [0.4, 0.5) is 5.69 Å². The van der Waals surface area contributed by atoms with Crippen molar-refractivity contribution in [2.45, 2.75) is 69.3 Å². The summed E-state index contributed by atoms with van der Waals surface area (Å²) in [6.45, 7) is 4.27. The molecule has 0 bridgehead atoms. The molecule has 3 aliphatic rings. The first-order chi connectivity index (χ1) is 32.2. The number of aldehydes is 1. The van der Waals surface area contributed by atoms with Crippen molar-refractivity contribution in [3.63, 3.8) is 0 Å². The lowest BCUT2D eigenvalue weighted by Crippen LogP contribution is -2.69. The molecule has 2 N–H and O–H groups in total. The van der Waals surface area contributed by atoms with Crippen molar-refractivity contribution in [2.75, 3.05) is 26.9 Å². The van der Waals surface area contributed by atoms with Crippen molar-refractivity contribution in [3.05, 3.63) is 166 Å². The highest BCUT2D eigenvalue weighted by molar-refractivity contribution is 6.04. The summed E-state index contributed by atoms with van der Waals surface area (Å²) in [6, 6.07) is 31.6. The molecule has 0 radical (unpaired) electrons. The van der Waals surface area contributed by atoms with Crippen molar-refractivity contribution in [3.8, 4) is 17.2 Å². The van der Waals surface area contributed by atoms with Crippen molar-refractivity contribution in [1.29, 1.82) is 0 Å². The number of non-ortho nitro benzene ring substituents is 1. The molecular formula is C53H55N3O10. The van der Waals surface area contributed by atoms with Crippen LogP contribution in [0.1, 0.15) is 82.7 Å². The van der Waals surface area contributed by atoms with Crippen molar-refractivity contribution < 1.29 is 43.8 Å². The predicted octanol–water partition coefficient (Wildman–Crippen LogP) is 9.96. The second-order valence-corrected chi connectivity index (χ2v) is 17.2. The SMILES string of the molecule is C=CCOC12Oc3ccc(Oc4cccc(C=O)c4)cc3C3C(CCCCO)C(CCCCO)C=C(C(=NOCc4ccc([N+](=O)[O-])cc4)CC1N(C)C(=O)c1ccc4ccccc4c1)C32. The number of allylic oxidation sites excluding steroid dienone is 1. The quantitative estimate of drug-likeness (QED) is 0.0252. The summed E-state index contributed by atoms with van der Waals surface area (Å²) in [5.74, 6) is -0.977. The van der Waals surface area contributed by atoms with Crippen LogP contribution >= 0.6 is 0 Å². The van der Waals surface area contributed by atoms with E-state index in [9.17, 15) is 29.9 Å². The Morgan fingerprint density at radius 2 is 1.68 bits per heavy atom. The van der Waals surface area contributed by atoms with Gasteiger partial charge in [0.15, 0.2) is 0 Å². The summed E-state index contributed by atoms with van der Waals surface area (Å²) >= 11 is 0. The van der Waals surface area contributed by atoms with E-state index in [-0.39, 0.29) is 62.2 Å². The molecule has 1 fully saturated rings. The molecule has 13 nitrogen and oxygen atoms in total. The molecule has 1 amide bonds. The first kappa shape index (κ1) is 45.9. The summed E-state index contributed by atoms with van der Waals surface area (Å²) in [6.07, 6.45) is 9.18. The van der Waals surface area contributed by atoms with Gasteiger partial charge in [-0.25, -0.2) is 0 Å². The Bertz CT molecular complexity index is 2630. The number of rotatable bonds is 20. The molecule has 1 saturated carbocycles. The molecule has 0 spiro atoms. The summed E-state index contributed by atoms with van der Waals surface area (Å²) in [5.41, 5.74) is 3.98. The number of aliphatic hydroxyl groups is 2. The van der Waals surface area contributed by atoms with E-state index < -0.39 is 22.7 Å². The van der Waals surface area contributed by atoms with Gasteiger partial charge in [0.1, 0.15) is 36.2 Å². The first-order valence-electron chi connectivity index (χ1n) is 22.6. The number of amides is 1. The predicted molar refractivity (Wildman–Crippen MR) is 251 cm³/mol. The minimum absolute atomic E-state index is 0.00298.